The van der Waals surface area contributed by atoms with Gasteiger partial charge in [0.1, 0.15) is 0 Å². The van der Waals surface area contributed by atoms with Gasteiger partial charge in [-0.1, -0.05) is 0 Å². The molecule has 0 N–H and O–H groups in total. The molecule has 0 atom stereocenters. The minimum absolute atomic E-state index is 1.26. The van der Waals surface area contributed by atoms with Gasteiger partial charge in [-0.15, -0.1) is 0 Å². The van der Waals surface area contributed by atoms with Crippen LogP contribution in [0.4, 0.5) is 0 Å². The summed E-state index contributed by atoms with van der Waals surface area (Å²) >= 11 is 0.225. The van der Waals surface area contributed by atoms with Crippen molar-refractivity contribution in [3.63, 3.8) is 0 Å². The van der Waals surface area contributed by atoms with Crippen LogP contribution in [0, 0.1) is 0 Å². The summed E-state index contributed by atoms with van der Waals surface area (Å²) in [6.45, 7) is 11.8. The van der Waals surface area contributed by atoms with E-state index in [0.717, 1.165) is 0 Å². The molecule has 5 heteroatoms. The average Bonchev–Trinajstić information content (AvgIpc) is 2.55. The number of rotatable bonds is 16. The molecule has 0 aliphatic rings. The van der Waals surface area contributed by atoms with Crippen LogP contribution in [0.5, 0.6) is 0 Å². The zero-order chi connectivity index (χ0) is 17.6. The molecule has 0 bridgehead atoms. The van der Waals surface area contributed by atoms with Gasteiger partial charge in [0, 0.05) is 0 Å². The first kappa shape index (κ1) is 24.7. The second-order valence-corrected chi connectivity index (χ2v) is 33.3. The van der Waals surface area contributed by atoms with E-state index in [1.807, 2.05) is 7.11 Å². The van der Waals surface area contributed by atoms with Crippen LogP contribution in [0.25, 0.3) is 0 Å². The third-order valence-corrected chi connectivity index (χ3v) is 33.0. The Morgan fingerprint density at radius 2 is 1.30 bits per heavy atom. The molecular weight excluding hydrogens is 443 g/mol. The quantitative estimate of drug-likeness (QED) is 0.169. The van der Waals surface area contributed by atoms with Crippen molar-refractivity contribution in [1.29, 1.82) is 0 Å². The van der Waals surface area contributed by atoms with Crippen LogP contribution in [0.3, 0.4) is 0 Å². The minimum atomic E-state index is -1.92. The SMILES string of the molecule is CCC[CH2][Sn]([CH2]CCC)([CH2]CCC)[S]CCSC[Si](C)(C)OC. The van der Waals surface area contributed by atoms with E-state index in [9.17, 15) is 0 Å². The maximum absolute atomic E-state index is 5.67. The molecular formula is C18H42OS2SiSn. The van der Waals surface area contributed by atoms with Gasteiger partial charge in [-0.05, 0) is 0 Å². The van der Waals surface area contributed by atoms with Gasteiger partial charge in [0.05, 0.1) is 0 Å². The fourth-order valence-electron chi connectivity index (χ4n) is 2.78. The summed E-state index contributed by atoms with van der Waals surface area (Å²) in [5.74, 6) is 2.75. The van der Waals surface area contributed by atoms with Crippen LogP contribution in [0.1, 0.15) is 59.3 Å². The zero-order valence-corrected chi connectivity index (χ0v) is 22.2. The van der Waals surface area contributed by atoms with Crippen LogP contribution >= 0.6 is 20.7 Å². The number of hydrogen-bond donors (Lipinski definition) is 0. The monoisotopic (exact) mass is 486 g/mol. The fourth-order valence-corrected chi connectivity index (χ4v) is 30.6. The van der Waals surface area contributed by atoms with Gasteiger partial charge in [0.15, 0.2) is 0 Å². The Kier molecular flexibility index (Phi) is 15.9. The van der Waals surface area contributed by atoms with Gasteiger partial charge >= 0.3 is 160 Å². The molecule has 0 spiro atoms. The van der Waals surface area contributed by atoms with Crippen LogP contribution in [-0.2, 0) is 4.43 Å². The number of unbranched alkanes of at least 4 members (excludes halogenated alkanes) is 3. The van der Waals surface area contributed by atoms with E-state index in [1.165, 1.54) is 55.4 Å². The molecule has 23 heavy (non-hydrogen) atoms. The Labute approximate surface area is 159 Å². The summed E-state index contributed by atoms with van der Waals surface area (Å²) in [7, 11) is 3.04. The topological polar surface area (TPSA) is 9.23 Å². The molecule has 1 nitrogen and oxygen atoms in total. The first-order valence-electron chi connectivity index (χ1n) is 9.72. The van der Waals surface area contributed by atoms with E-state index in [0.29, 0.717) is 0 Å². The van der Waals surface area contributed by atoms with Crippen molar-refractivity contribution in [2.24, 2.45) is 0 Å². The Balaban J connectivity index is 4.40. The molecule has 0 aromatic carbocycles. The van der Waals surface area contributed by atoms with E-state index in [-0.39, 0.29) is 0 Å². The molecule has 0 aromatic heterocycles. The molecule has 0 aliphatic heterocycles. The number of thioether (sulfide) groups is 1. The van der Waals surface area contributed by atoms with Gasteiger partial charge in [-0.3, -0.25) is 0 Å². The summed E-state index contributed by atoms with van der Waals surface area (Å²) in [6, 6.07) is 0. The van der Waals surface area contributed by atoms with E-state index < -0.39 is 25.3 Å². The summed E-state index contributed by atoms with van der Waals surface area (Å²) in [5.41, 5.74) is 0. The van der Waals surface area contributed by atoms with E-state index in [2.05, 4.69) is 54.6 Å². The van der Waals surface area contributed by atoms with Crippen molar-refractivity contribution in [1.82, 2.24) is 0 Å². The average molecular weight is 485 g/mol. The fraction of sp³-hybridized carbons (Fsp3) is 1.00. The maximum atomic E-state index is 5.67. The predicted molar refractivity (Wildman–Crippen MR) is 119 cm³/mol. The molecule has 0 unspecified atom stereocenters. The van der Waals surface area contributed by atoms with Crippen molar-refractivity contribution in [3.05, 3.63) is 0 Å². The van der Waals surface area contributed by atoms with E-state index >= 15 is 0 Å². The van der Waals surface area contributed by atoms with E-state index in [4.69, 9.17) is 4.43 Å². The molecule has 140 valence electrons. The first-order valence-corrected chi connectivity index (χ1v) is 24.5. The van der Waals surface area contributed by atoms with Crippen LogP contribution in [0.2, 0.25) is 26.4 Å². The first-order chi connectivity index (χ1) is 10.9. The van der Waals surface area contributed by atoms with Crippen molar-refractivity contribution < 1.29 is 4.43 Å². The summed E-state index contributed by atoms with van der Waals surface area (Å²) in [6.07, 6.45) is 8.65. The summed E-state index contributed by atoms with van der Waals surface area (Å²) in [4.78, 5) is 0. The molecule has 0 saturated heterocycles. The predicted octanol–water partition coefficient (Wildman–Crippen LogP) is 7.19. The van der Waals surface area contributed by atoms with Crippen molar-refractivity contribution in [2.45, 2.75) is 85.7 Å². The Bertz CT molecular complexity index is 256. The molecule has 0 radical (unpaired) electrons. The Morgan fingerprint density at radius 3 is 1.70 bits per heavy atom. The molecule has 0 aliphatic carbocycles. The number of hydrogen-bond acceptors (Lipinski definition) is 3. The van der Waals surface area contributed by atoms with Crippen molar-refractivity contribution in [3.8, 4) is 0 Å². The van der Waals surface area contributed by atoms with Crippen LogP contribution in [0.15, 0.2) is 0 Å². The van der Waals surface area contributed by atoms with Gasteiger partial charge in [0.25, 0.3) is 0 Å². The van der Waals surface area contributed by atoms with Gasteiger partial charge in [0.2, 0.25) is 0 Å². The summed E-state index contributed by atoms with van der Waals surface area (Å²) < 4.78 is 10.6. The molecule has 0 amide bonds. The van der Waals surface area contributed by atoms with Gasteiger partial charge in [-0.25, -0.2) is 0 Å². The third kappa shape index (κ3) is 12.6. The molecule has 0 aromatic rings. The molecule has 0 saturated carbocycles. The zero-order valence-electron chi connectivity index (χ0n) is 16.7. The van der Waals surface area contributed by atoms with Crippen molar-refractivity contribution in [2.75, 3.05) is 24.0 Å². The summed E-state index contributed by atoms with van der Waals surface area (Å²) in [5, 5.41) is 1.26. The molecule has 0 fully saturated rings. The second-order valence-electron chi connectivity index (χ2n) is 7.36. The third-order valence-electron chi connectivity index (χ3n) is 4.60. The Hall–Kier alpha value is 1.68. The van der Waals surface area contributed by atoms with Gasteiger partial charge < -0.3 is 0 Å². The van der Waals surface area contributed by atoms with E-state index in [1.54, 1.807) is 13.3 Å². The van der Waals surface area contributed by atoms with Crippen molar-refractivity contribution >= 4 is 46.0 Å². The Morgan fingerprint density at radius 1 is 0.826 bits per heavy atom. The second kappa shape index (κ2) is 14.8. The molecule has 0 rings (SSSR count). The normalized spacial score (nSPS) is 12.8. The molecule has 0 heterocycles. The van der Waals surface area contributed by atoms with Crippen LogP contribution < -0.4 is 0 Å². The standard InChI is InChI=1S/C6H16OS2Si.3C4H9.Sn/c1-7-10(2,3)6-9-5-4-8;3*1-3-4-2;/h8H,4-6H2,1-3H3;3*1,3-4H2,2H3;/q;;;;+1/p-1. The van der Waals surface area contributed by atoms with Crippen LogP contribution in [-0.4, -0.2) is 49.3 Å². The van der Waals surface area contributed by atoms with Gasteiger partial charge in [-0.2, -0.15) is 0 Å².